The van der Waals surface area contributed by atoms with Crippen molar-refractivity contribution >= 4 is 23.5 Å². The predicted octanol–water partition coefficient (Wildman–Crippen LogP) is 4.80. The summed E-state index contributed by atoms with van der Waals surface area (Å²) in [7, 11) is 1.43. The van der Waals surface area contributed by atoms with Crippen molar-refractivity contribution in [2.24, 2.45) is 0 Å². The van der Waals surface area contributed by atoms with E-state index in [1.807, 2.05) is 19.1 Å². The highest BCUT2D eigenvalue weighted by atomic mass is 35.5. The first-order valence-corrected chi connectivity index (χ1v) is 9.75. The average molecular weight is 443 g/mol. The molecule has 160 valence electrons. The first-order valence-electron chi connectivity index (χ1n) is 9.37. The topological polar surface area (TPSA) is 88.5 Å². The monoisotopic (exact) mass is 442 g/mol. The first kappa shape index (κ1) is 22.2. The van der Waals surface area contributed by atoms with Crippen LogP contribution in [-0.2, 0) is 4.79 Å². The maximum Gasteiger partial charge on any atom is 0.305 e. The molecule has 0 fully saturated rings. The summed E-state index contributed by atoms with van der Waals surface area (Å²) in [6.07, 6.45) is 1.05. The van der Waals surface area contributed by atoms with E-state index in [2.05, 4.69) is 10.3 Å². The van der Waals surface area contributed by atoms with Crippen LogP contribution in [0.25, 0.3) is 11.1 Å². The summed E-state index contributed by atoms with van der Waals surface area (Å²) in [5.74, 6) is -1.87. The van der Waals surface area contributed by atoms with Crippen molar-refractivity contribution in [3.63, 3.8) is 0 Å². The fraction of sp³-hybridized carbons (Fsp3) is 0.174. The van der Waals surface area contributed by atoms with Crippen LogP contribution in [0.15, 0.2) is 54.7 Å². The molecule has 1 aromatic heterocycles. The zero-order chi connectivity index (χ0) is 22.5. The summed E-state index contributed by atoms with van der Waals surface area (Å²) in [5.41, 5.74) is 2.74. The predicted molar refractivity (Wildman–Crippen MR) is 115 cm³/mol. The number of aromatic nitrogens is 1. The smallest absolute Gasteiger partial charge is 0.305 e. The lowest BCUT2D eigenvalue weighted by Gasteiger charge is -2.20. The van der Waals surface area contributed by atoms with Gasteiger partial charge in [-0.15, -0.1) is 0 Å². The van der Waals surface area contributed by atoms with E-state index < -0.39 is 23.7 Å². The van der Waals surface area contributed by atoms with Crippen LogP contribution >= 0.6 is 11.6 Å². The summed E-state index contributed by atoms with van der Waals surface area (Å²) in [4.78, 5) is 28.5. The van der Waals surface area contributed by atoms with Crippen molar-refractivity contribution < 1.29 is 23.8 Å². The molecule has 0 unspecified atom stereocenters. The van der Waals surface area contributed by atoms with Crippen LogP contribution in [0.2, 0.25) is 5.02 Å². The standard InChI is InChI=1S/C23H20ClFN2O4/c1-13-5-3-4-6-16(13)20(11-21(28)29)27-22(30)15-9-17(23(31-2)26-12-15)14-7-8-19(25)18(24)10-14/h3-10,12,20H,11H2,1-2H3,(H,27,30)(H,28,29)/t20-/m0/s1. The molecule has 0 radical (unpaired) electrons. The molecule has 1 amide bonds. The van der Waals surface area contributed by atoms with E-state index >= 15 is 0 Å². The molecule has 0 aliphatic heterocycles. The molecule has 0 saturated carbocycles. The number of nitrogens with zero attached hydrogens (tertiary/aromatic N) is 1. The van der Waals surface area contributed by atoms with Crippen molar-refractivity contribution in [2.45, 2.75) is 19.4 Å². The normalized spacial score (nSPS) is 11.6. The van der Waals surface area contributed by atoms with Gasteiger partial charge in [-0.3, -0.25) is 9.59 Å². The minimum Gasteiger partial charge on any atom is -0.481 e. The molecule has 3 rings (SSSR count). The lowest BCUT2D eigenvalue weighted by atomic mass is 9.98. The van der Waals surface area contributed by atoms with Crippen molar-refractivity contribution in [3.05, 3.63) is 82.3 Å². The lowest BCUT2D eigenvalue weighted by molar-refractivity contribution is -0.137. The Balaban J connectivity index is 1.95. The SMILES string of the molecule is COc1ncc(C(=O)N[C@@H](CC(=O)O)c2ccccc2C)cc1-c1ccc(F)c(Cl)c1. The second-order valence-electron chi connectivity index (χ2n) is 6.89. The van der Waals surface area contributed by atoms with Gasteiger partial charge in [-0.05, 0) is 41.8 Å². The molecule has 0 aliphatic carbocycles. The second kappa shape index (κ2) is 9.57. The fourth-order valence-corrected chi connectivity index (χ4v) is 3.42. The number of nitrogens with one attached hydrogen (secondary N) is 1. The van der Waals surface area contributed by atoms with Crippen LogP contribution in [0.5, 0.6) is 5.88 Å². The second-order valence-corrected chi connectivity index (χ2v) is 7.30. The number of carbonyl (C=O) groups is 2. The molecule has 1 heterocycles. The summed E-state index contributed by atoms with van der Waals surface area (Å²) >= 11 is 5.89. The third-order valence-corrected chi connectivity index (χ3v) is 5.07. The number of rotatable bonds is 7. The van der Waals surface area contributed by atoms with E-state index in [0.717, 1.165) is 5.56 Å². The molecule has 1 atom stereocenters. The van der Waals surface area contributed by atoms with Crippen LogP contribution in [-0.4, -0.2) is 29.1 Å². The molecule has 0 spiro atoms. The number of benzene rings is 2. The number of aliphatic carboxylic acids is 1. The average Bonchev–Trinajstić information content (AvgIpc) is 2.74. The number of halogens is 2. The Bertz CT molecular complexity index is 1140. The van der Waals surface area contributed by atoms with E-state index in [1.54, 1.807) is 18.2 Å². The van der Waals surface area contributed by atoms with E-state index in [4.69, 9.17) is 16.3 Å². The number of carboxylic acids is 1. The van der Waals surface area contributed by atoms with Crippen molar-refractivity contribution in [1.82, 2.24) is 10.3 Å². The van der Waals surface area contributed by atoms with Crippen LogP contribution in [0.1, 0.15) is 33.9 Å². The molecule has 0 bridgehead atoms. The third kappa shape index (κ3) is 5.19. The summed E-state index contributed by atoms with van der Waals surface area (Å²) in [6.45, 7) is 1.85. The van der Waals surface area contributed by atoms with Crippen LogP contribution in [0.3, 0.4) is 0 Å². The van der Waals surface area contributed by atoms with E-state index in [1.165, 1.54) is 31.5 Å². The molecule has 31 heavy (non-hydrogen) atoms. The molecule has 8 heteroatoms. The van der Waals surface area contributed by atoms with Gasteiger partial charge in [0.15, 0.2) is 0 Å². The van der Waals surface area contributed by atoms with Crippen LogP contribution in [0.4, 0.5) is 4.39 Å². The van der Waals surface area contributed by atoms with E-state index in [0.29, 0.717) is 16.7 Å². The fourth-order valence-electron chi connectivity index (χ4n) is 3.24. The quantitative estimate of drug-likeness (QED) is 0.548. The highest BCUT2D eigenvalue weighted by Crippen LogP contribution is 2.32. The molecule has 0 aliphatic rings. The molecular weight excluding hydrogens is 423 g/mol. The van der Waals surface area contributed by atoms with E-state index in [9.17, 15) is 19.1 Å². The van der Waals surface area contributed by atoms with Crippen molar-refractivity contribution in [3.8, 4) is 17.0 Å². The highest BCUT2D eigenvalue weighted by molar-refractivity contribution is 6.31. The van der Waals surface area contributed by atoms with Gasteiger partial charge in [-0.1, -0.05) is 41.9 Å². The van der Waals surface area contributed by atoms with Crippen LogP contribution < -0.4 is 10.1 Å². The molecule has 6 nitrogen and oxygen atoms in total. The van der Waals surface area contributed by atoms with Gasteiger partial charge in [0.05, 0.1) is 30.2 Å². The van der Waals surface area contributed by atoms with Gasteiger partial charge in [0.25, 0.3) is 5.91 Å². The molecular formula is C23H20ClFN2O4. The third-order valence-electron chi connectivity index (χ3n) is 4.79. The Morgan fingerprint density at radius 1 is 1.23 bits per heavy atom. The number of methoxy groups -OCH3 is 1. The summed E-state index contributed by atoms with van der Waals surface area (Å²) in [5, 5.41) is 12.0. The molecule has 2 aromatic carbocycles. The minimum absolute atomic E-state index is 0.0736. The Kier molecular flexibility index (Phi) is 6.87. The van der Waals surface area contributed by atoms with Crippen molar-refractivity contribution in [2.75, 3.05) is 7.11 Å². The molecule has 2 N–H and O–H groups in total. The molecule has 0 saturated heterocycles. The first-order chi connectivity index (χ1) is 14.8. The summed E-state index contributed by atoms with van der Waals surface area (Å²) in [6, 6.07) is 12.2. The molecule has 3 aromatic rings. The maximum absolute atomic E-state index is 13.6. The lowest BCUT2D eigenvalue weighted by Crippen LogP contribution is -2.30. The number of amides is 1. The van der Waals surface area contributed by atoms with Gasteiger partial charge in [-0.2, -0.15) is 0 Å². The Morgan fingerprint density at radius 3 is 2.61 bits per heavy atom. The maximum atomic E-state index is 13.6. The number of hydrogen-bond acceptors (Lipinski definition) is 4. The Labute approximate surface area is 183 Å². The number of hydrogen-bond donors (Lipinski definition) is 2. The highest BCUT2D eigenvalue weighted by Gasteiger charge is 2.22. The largest absolute Gasteiger partial charge is 0.481 e. The number of carbonyl (C=O) groups excluding carboxylic acids is 1. The van der Waals surface area contributed by atoms with Gasteiger partial charge in [0.2, 0.25) is 5.88 Å². The van der Waals surface area contributed by atoms with Gasteiger partial charge in [-0.25, -0.2) is 9.37 Å². The minimum atomic E-state index is -1.04. The van der Waals surface area contributed by atoms with Crippen LogP contribution in [0, 0.1) is 12.7 Å². The Hall–Kier alpha value is -3.45. The van der Waals surface area contributed by atoms with Gasteiger partial charge in [0, 0.05) is 11.8 Å². The Morgan fingerprint density at radius 2 is 1.97 bits per heavy atom. The van der Waals surface area contributed by atoms with Gasteiger partial charge in [0.1, 0.15) is 5.82 Å². The van der Waals surface area contributed by atoms with E-state index in [-0.39, 0.29) is 22.9 Å². The number of pyridine rings is 1. The zero-order valence-electron chi connectivity index (χ0n) is 16.9. The number of carboxylic acid groups (broad SMARTS) is 1. The van der Waals surface area contributed by atoms with Crippen molar-refractivity contribution in [1.29, 1.82) is 0 Å². The zero-order valence-corrected chi connectivity index (χ0v) is 17.6. The summed E-state index contributed by atoms with van der Waals surface area (Å²) < 4.78 is 18.8. The van der Waals surface area contributed by atoms with Gasteiger partial charge < -0.3 is 15.2 Å². The number of ether oxygens (including phenoxy) is 1. The van der Waals surface area contributed by atoms with Gasteiger partial charge >= 0.3 is 5.97 Å². The number of aryl methyl sites for hydroxylation is 1.